The van der Waals surface area contributed by atoms with Gasteiger partial charge in [0, 0.05) is 18.7 Å². The number of hydrogen-bond donors (Lipinski definition) is 1. The third-order valence-corrected chi connectivity index (χ3v) is 3.86. The van der Waals surface area contributed by atoms with E-state index < -0.39 is 6.61 Å². The number of hydrogen-bond acceptors (Lipinski definition) is 3. The molecule has 1 unspecified atom stereocenters. The first kappa shape index (κ1) is 16.2. The molecule has 1 aliphatic carbocycles. The van der Waals surface area contributed by atoms with E-state index in [2.05, 4.69) is 16.6 Å². The fraction of sp³-hybridized carbons (Fsp3) is 0.625. The third kappa shape index (κ3) is 4.64. The molecule has 118 valence electrons. The molecule has 1 fully saturated rings. The molecule has 1 aromatic rings. The second-order valence-corrected chi connectivity index (χ2v) is 5.61. The smallest absolute Gasteiger partial charge is 0.387 e. The second-order valence-electron chi connectivity index (χ2n) is 5.61. The van der Waals surface area contributed by atoms with Crippen molar-refractivity contribution in [2.24, 2.45) is 11.7 Å². The zero-order valence-electron chi connectivity index (χ0n) is 12.5. The Kier molecular flexibility index (Phi) is 5.94. The lowest BCUT2D eigenvalue weighted by Gasteiger charge is -2.32. The molecule has 0 radical (unpaired) electrons. The molecule has 0 spiro atoms. The molecule has 0 aromatic heterocycles. The van der Waals surface area contributed by atoms with Crippen LogP contribution in [0.3, 0.4) is 0 Å². The first-order valence-electron chi connectivity index (χ1n) is 7.63. The van der Waals surface area contributed by atoms with Crippen molar-refractivity contribution in [3.05, 3.63) is 29.8 Å². The van der Waals surface area contributed by atoms with E-state index in [4.69, 9.17) is 5.73 Å². The van der Waals surface area contributed by atoms with Crippen molar-refractivity contribution in [1.29, 1.82) is 0 Å². The van der Waals surface area contributed by atoms with Gasteiger partial charge in [-0.05, 0) is 37.8 Å². The van der Waals surface area contributed by atoms with E-state index in [1.165, 1.54) is 12.8 Å². The number of para-hydroxylation sites is 1. The highest BCUT2D eigenvalue weighted by atomic mass is 19.3. The van der Waals surface area contributed by atoms with Crippen molar-refractivity contribution < 1.29 is 13.5 Å². The van der Waals surface area contributed by atoms with Crippen molar-refractivity contribution in [2.45, 2.75) is 38.8 Å². The summed E-state index contributed by atoms with van der Waals surface area (Å²) in [6.07, 6.45) is 3.53. The summed E-state index contributed by atoms with van der Waals surface area (Å²) in [4.78, 5) is 2.31. The Bertz CT molecular complexity index is 438. The molecule has 1 atom stereocenters. The zero-order chi connectivity index (χ0) is 15.2. The summed E-state index contributed by atoms with van der Waals surface area (Å²) in [6, 6.07) is 6.91. The predicted octanol–water partition coefficient (Wildman–Crippen LogP) is 3.41. The van der Waals surface area contributed by atoms with Gasteiger partial charge >= 0.3 is 6.61 Å². The lowest BCUT2D eigenvalue weighted by Crippen LogP contribution is -2.36. The Morgan fingerprint density at radius 3 is 2.62 bits per heavy atom. The number of ether oxygens (including phenoxy) is 1. The van der Waals surface area contributed by atoms with Crippen LogP contribution in [0, 0.1) is 5.92 Å². The topological polar surface area (TPSA) is 38.5 Å². The fourth-order valence-corrected chi connectivity index (χ4v) is 2.73. The van der Waals surface area contributed by atoms with Crippen LogP contribution in [-0.4, -0.2) is 31.1 Å². The maximum Gasteiger partial charge on any atom is 0.387 e. The van der Waals surface area contributed by atoms with Gasteiger partial charge in [0.05, 0.1) is 6.04 Å². The summed E-state index contributed by atoms with van der Waals surface area (Å²) in [6.45, 7) is 1.61. The Hall–Kier alpha value is -1.20. The van der Waals surface area contributed by atoms with Crippen LogP contribution < -0.4 is 10.5 Å². The minimum Gasteiger partial charge on any atom is -0.434 e. The molecule has 1 aromatic carbocycles. The summed E-state index contributed by atoms with van der Waals surface area (Å²) in [5.41, 5.74) is 6.71. The minimum absolute atomic E-state index is 0.0690. The molecule has 1 aliphatic rings. The first-order chi connectivity index (χ1) is 10.2. The van der Waals surface area contributed by atoms with Crippen molar-refractivity contribution in [3.8, 4) is 5.75 Å². The maximum atomic E-state index is 12.6. The normalized spacial score (nSPS) is 16.5. The molecule has 0 heterocycles. The average molecular weight is 298 g/mol. The van der Waals surface area contributed by atoms with Crippen LogP contribution in [0.5, 0.6) is 5.75 Å². The number of halogens is 2. The van der Waals surface area contributed by atoms with Crippen LogP contribution in [0.25, 0.3) is 0 Å². The Morgan fingerprint density at radius 2 is 2.05 bits per heavy atom. The van der Waals surface area contributed by atoms with Crippen LogP contribution in [-0.2, 0) is 0 Å². The number of nitrogens with two attached hydrogens (primary N) is 1. The van der Waals surface area contributed by atoms with Gasteiger partial charge in [-0.1, -0.05) is 25.1 Å². The standard InChI is InChI=1S/C16H24F2N2O/c1-2-9-20(11-12-7-8-12)14(10-19)13-5-3-4-6-15(13)21-16(17)18/h3-6,12,14,16H,2,7-11,19H2,1H3. The highest BCUT2D eigenvalue weighted by molar-refractivity contribution is 5.36. The molecule has 0 bridgehead atoms. The molecule has 5 heteroatoms. The van der Waals surface area contributed by atoms with Gasteiger partial charge in [-0.2, -0.15) is 8.78 Å². The van der Waals surface area contributed by atoms with E-state index in [0.29, 0.717) is 6.54 Å². The molecule has 2 N–H and O–H groups in total. The van der Waals surface area contributed by atoms with E-state index in [1.807, 2.05) is 12.1 Å². The third-order valence-electron chi connectivity index (χ3n) is 3.86. The van der Waals surface area contributed by atoms with E-state index in [0.717, 1.165) is 31.0 Å². The Labute approximate surface area is 125 Å². The summed E-state index contributed by atoms with van der Waals surface area (Å²) in [5.74, 6) is 0.966. The van der Waals surface area contributed by atoms with Gasteiger partial charge in [0.25, 0.3) is 0 Å². The van der Waals surface area contributed by atoms with Crippen molar-refractivity contribution in [2.75, 3.05) is 19.6 Å². The molecule has 0 amide bonds. The summed E-state index contributed by atoms with van der Waals surface area (Å²) < 4.78 is 29.8. The van der Waals surface area contributed by atoms with Crippen molar-refractivity contribution in [1.82, 2.24) is 4.90 Å². The molecule has 21 heavy (non-hydrogen) atoms. The van der Waals surface area contributed by atoms with E-state index in [9.17, 15) is 8.78 Å². The van der Waals surface area contributed by atoms with Crippen LogP contribution >= 0.6 is 0 Å². The number of benzene rings is 1. The average Bonchev–Trinajstić information content (AvgIpc) is 3.25. The highest BCUT2D eigenvalue weighted by Gasteiger charge is 2.29. The second kappa shape index (κ2) is 7.71. The largest absolute Gasteiger partial charge is 0.434 e. The molecular weight excluding hydrogens is 274 g/mol. The van der Waals surface area contributed by atoms with Crippen LogP contribution in [0.2, 0.25) is 0 Å². The van der Waals surface area contributed by atoms with Gasteiger partial charge in [-0.25, -0.2) is 0 Å². The van der Waals surface area contributed by atoms with Gasteiger partial charge in [-0.3, -0.25) is 4.90 Å². The molecule has 1 saturated carbocycles. The van der Waals surface area contributed by atoms with Gasteiger partial charge in [0.15, 0.2) is 0 Å². The minimum atomic E-state index is -2.81. The van der Waals surface area contributed by atoms with Crippen LogP contribution in [0.1, 0.15) is 37.8 Å². The van der Waals surface area contributed by atoms with Crippen molar-refractivity contribution in [3.63, 3.8) is 0 Å². The molecule has 0 aliphatic heterocycles. The summed E-state index contributed by atoms with van der Waals surface area (Å²) in [5, 5.41) is 0. The monoisotopic (exact) mass is 298 g/mol. The number of rotatable bonds is 9. The van der Waals surface area contributed by atoms with E-state index >= 15 is 0 Å². The van der Waals surface area contributed by atoms with Crippen LogP contribution in [0.4, 0.5) is 8.78 Å². The van der Waals surface area contributed by atoms with Gasteiger partial charge in [-0.15, -0.1) is 0 Å². The number of alkyl halides is 2. The number of nitrogens with zero attached hydrogens (tertiary/aromatic N) is 1. The Morgan fingerprint density at radius 1 is 1.33 bits per heavy atom. The van der Waals surface area contributed by atoms with Gasteiger partial charge < -0.3 is 10.5 Å². The lowest BCUT2D eigenvalue weighted by atomic mass is 10.0. The van der Waals surface area contributed by atoms with Gasteiger partial charge in [0.2, 0.25) is 0 Å². The maximum absolute atomic E-state index is 12.6. The zero-order valence-corrected chi connectivity index (χ0v) is 12.5. The van der Waals surface area contributed by atoms with Gasteiger partial charge in [0.1, 0.15) is 5.75 Å². The molecule has 2 rings (SSSR count). The summed E-state index contributed by atoms with van der Waals surface area (Å²) in [7, 11) is 0. The van der Waals surface area contributed by atoms with Crippen molar-refractivity contribution >= 4 is 0 Å². The summed E-state index contributed by atoms with van der Waals surface area (Å²) >= 11 is 0. The SMILES string of the molecule is CCCN(CC1CC1)C(CN)c1ccccc1OC(F)F. The van der Waals surface area contributed by atoms with Crippen LogP contribution in [0.15, 0.2) is 24.3 Å². The molecule has 3 nitrogen and oxygen atoms in total. The first-order valence-corrected chi connectivity index (χ1v) is 7.63. The fourth-order valence-electron chi connectivity index (χ4n) is 2.73. The predicted molar refractivity (Wildman–Crippen MR) is 79.5 cm³/mol. The quantitative estimate of drug-likeness (QED) is 0.759. The Balaban J connectivity index is 2.20. The molecule has 0 saturated heterocycles. The highest BCUT2D eigenvalue weighted by Crippen LogP contribution is 2.35. The van der Waals surface area contributed by atoms with E-state index in [1.54, 1.807) is 12.1 Å². The van der Waals surface area contributed by atoms with E-state index in [-0.39, 0.29) is 11.8 Å². The lowest BCUT2D eigenvalue weighted by molar-refractivity contribution is -0.0512. The molecular formula is C16H24F2N2O.